The van der Waals surface area contributed by atoms with Crippen LogP contribution in [0, 0.1) is 13.8 Å². The lowest BCUT2D eigenvalue weighted by Crippen LogP contribution is -2.43. The molecule has 0 amide bonds. The van der Waals surface area contributed by atoms with Crippen molar-refractivity contribution in [1.29, 1.82) is 0 Å². The van der Waals surface area contributed by atoms with E-state index in [2.05, 4.69) is 21.8 Å². The number of sulfonamides is 1. The maximum Gasteiger partial charge on any atom is 0.240 e. The Balaban J connectivity index is 1.81. The van der Waals surface area contributed by atoms with Crippen molar-refractivity contribution in [2.75, 3.05) is 40.0 Å². The highest BCUT2D eigenvalue weighted by atomic mass is 32.2. The van der Waals surface area contributed by atoms with Crippen LogP contribution in [-0.2, 0) is 14.8 Å². The van der Waals surface area contributed by atoms with Gasteiger partial charge < -0.3 is 9.47 Å². The zero-order chi connectivity index (χ0) is 20.1. The summed E-state index contributed by atoms with van der Waals surface area (Å²) < 4.78 is 39.2. The first-order valence-electron chi connectivity index (χ1n) is 9.43. The van der Waals surface area contributed by atoms with Crippen LogP contribution in [-0.4, -0.2) is 53.3 Å². The van der Waals surface area contributed by atoms with Crippen molar-refractivity contribution >= 4 is 10.0 Å². The third-order valence-electron chi connectivity index (χ3n) is 5.06. The van der Waals surface area contributed by atoms with Crippen molar-refractivity contribution in [2.24, 2.45) is 0 Å². The number of nitrogens with one attached hydrogen (secondary N) is 1. The van der Waals surface area contributed by atoms with Crippen LogP contribution < -0.4 is 9.46 Å². The summed E-state index contributed by atoms with van der Waals surface area (Å²) in [6.45, 7) is 7.06. The van der Waals surface area contributed by atoms with Gasteiger partial charge in [-0.15, -0.1) is 0 Å². The van der Waals surface area contributed by atoms with E-state index in [9.17, 15) is 8.42 Å². The molecule has 0 saturated carbocycles. The van der Waals surface area contributed by atoms with E-state index >= 15 is 0 Å². The molecule has 0 radical (unpaired) electrons. The molecule has 1 aliphatic rings. The van der Waals surface area contributed by atoms with Gasteiger partial charge in [-0.1, -0.05) is 29.8 Å². The van der Waals surface area contributed by atoms with Crippen molar-refractivity contribution < 1.29 is 17.9 Å². The van der Waals surface area contributed by atoms with Gasteiger partial charge in [0.2, 0.25) is 10.0 Å². The minimum absolute atomic E-state index is 0.0436. The van der Waals surface area contributed by atoms with E-state index in [1.54, 1.807) is 25.3 Å². The monoisotopic (exact) mass is 404 g/mol. The molecule has 6 nitrogen and oxygen atoms in total. The van der Waals surface area contributed by atoms with Gasteiger partial charge in [-0.25, -0.2) is 13.1 Å². The summed E-state index contributed by atoms with van der Waals surface area (Å²) in [6, 6.07) is 13.1. The average Bonchev–Trinajstić information content (AvgIpc) is 2.69. The molecule has 2 aromatic carbocycles. The van der Waals surface area contributed by atoms with Gasteiger partial charge in [0.1, 0.15) is 5.75 Å². The second-order valence-electron chi connectivity index (χ2n) is 7.06. The zero-order valence-corrected chi connectivity index (χ0v) is 17.5. The van der Waals surface area contributed by atoms with Gasteiger partial charge >= 0.3 is 0 Å². The molecule has 3 rings (SSSR count). The highest BCUT2D eigenvalue weighted by Crippen LogP contribution is 2.24. The molecule has 1 fully saturated rings. The second kappa shape index (κ2) is 9.05. The van der Waals surface area contributed by atoms with Crippen LogP contribution in [0.3, 0.4) is 0 Å². The van der Waals surface area contributed by atoms with E-state index in [0.717, 1.165) is 29.8 Å². The maximum atomic E-state index is 12.9. The van der Waals surface area contributed by atoms with Gasteiger partial charge in [0, 0.05) is 25.7 Å². The third-order valence-corrected chi connectivity index (χ3v) is 6.48. The fourth-order valence-electron chi connectivity index (χ4n) is 3.51. The smallest absolute Gasteiger partial charge is 0.240 e. The van der Waals surface area contributed by atoms with Crippen LogP contribution in [0.2, 0.25) is 0 Å². The number of benzene rings is 2. The molecule has 28 heavy (non-hydrogen) atoms. The highest BCUT2D eigenvalue weighted by Gasteiger charge is 2.25. The standard InChI is InChI=1S/C21H28N2O4S/c1-16-5-4-6-18(13-16)20(23-9-11-27-12-10-23)15-22-28(24,25)19-7-8-21(26-3)17(2)14-19/h4-8,13-14,20,22H,9-12,15H2,1-3H3. The number of aryl methyl sites for hydroxylation is 2. The number of hydrogen-bond donors (Lipinski definition) is 1. The first-order chi connectivity index (χ1) is 13.4. The average molecular weight is 405 g/mol. The van der Waals surface area contributed by atoms with E-state index < -0.39 is 10.0 Å². The summed E-state index contributed by atoms with van der Waals surface area (Å²) in [5, 5.41) is 0. The SMILES string of the molecule is COc1ccc(S(=O)(=O)NCC(c2cccc(C)c2)N2CCOCC2)cc1C. The van der Waals surface area contributed by atoms with Crippen LogP contribution in [0.5, 0.6) is 5.75 Å². The third kappa shape index (κ3) is 4.91. The quantitative estimate of drug-likeness (QED) is 0.768. The molecule has 1 unspecified atom stereocenters. The summed E-state index contributed by atoms with van der Waals surface area (Å²) in [5.74, 6) is 0.671. The number of methoxy groups -OCH3 is 1. The van der Waals surface area contributed by atoms with E-state index in [1.165, 1.54) is 0 Å². The second-order valence-corrected chi connectivity index (χ2v) is 8.83. The van der Waals surface area contributed by atoms with Gasteiger partial charge in [-0.2, -0.15) is 0 Å². The number of morpholine rings is 1. The van der Waals surface area contributed by atoms with E-state index in [-0.39, 0.29) is 10.9 Å². The topological polar surface area (TPSA) is 67.9 Å². The van der Waals surface area contributed by atoms with Crippen LogP contribution >= 0.6 is 0 Å². The first kappa shape index (κ1) is 20.8. The Morgan fingerprint density at radius 3 is 2.54 bits per heavy atom. The number of rotatable bonds is 7. The van der Waals surface area contributed by atoms with Crippen LogP contribution in [0.1, 0.15) is 22.7 Å². The van der Waals surface area contributed by atoms with Gasteiger partial charge in [-0.3, -0.25) is 4.90 Å². The molecule has 0 spiro atoms. The predicted molar refractivity (Wildman–Crippen MR) is 109 cm³/mol. The van der Waals surface area contributed by atoms with E-state index in [1.807, 2.05) is 26.0 Å². The van der Waals surface area contributed by atoms with Crippen LogP contribution in [0.4, 0.5) is 0 Å². The van der Waals surface area contributed by atoms with Gasteiger partial charge in [0.15, 0.2) is 0 Å². The zero-order valence-electron chi connectivity index (χ0n) is 16.6. The normalized spacial score (nSPS) is 16.7. The molecule has 0 bridgehead atoms. The number of nitrogens with zero attached hydrogens (tertiary/aromatic N) is 1. The lowest BCUT2D eigenvalue weighted by atomic mass is 10.0. The molecule has 1 saturated heterocycles. The fourth-order valence-corrected chi connectivity index (χ4v) is 4.64. The summed E-state index contributed by atoms with van der Waals surface area (Å²) in [7, 11) is -2.05. The van der Waals surface area contributed by atoms with Crippen molar-refractivity contribution in [1.82, 2.24) is 9.62 Å². The van der Waals surface area contributed by atoms with E-state index in [0.29, 0.717) is 25.5 Å². The number of hydrogen-bond acceptors (Lipinski definition) is 5. The van der Waals surface area contributed by atoms with Crippen LogP contribution in [0.15, 0.2) is 47.4 Å². The summed E-state index contributed by atoms with van der Waals surface area (Å²) >= 11 is 0. The fraction of sp³-hybridized carbons (Fsp3) is 0.429. The van der Waals surface area contributed by atoms with Crippen LogP contribution in [0.25, 0.3) is 0 Å². The summed E-state index contributed by atoms with van der Waals surface area (Å²) in [4.78, 5) is 2.52. The van der Waals surface area contributed by atoms with Crippen molar-refractivity contribution in [3.8, 4) is 5.75 Å². The molecule has 2 aromatic rings. The summed E-state index contributed by atoms with van der Waals surface area (Å²) in [6.07, 6.45) is 0. The minimum Gasteiger partial charge on any atom is -0.496 e. The van der Waals surface area contributed by atoms with Gasteiger partial charge in [0.25, 0.3) is 0 Å². The Morgan fingerprint density at radius 2 is 1.89 bits per heavy atom. The molecular formula is C21H28N2O4S. The Kier molecular flexibility index (Phi) is 6.72. The van der Waals surface area contributed by atoms with Crippen molar-refractivity contribution in [3.05, 3.63) is 59.2 Å². The molecule has 152 valence electrons. The molecular weight excluding hydrogens is 376 g/mol. The van der Waals surface area contributed by atoms with Gasteiger partial charge in [-0.05, 0) is 43.2 Å². The molecule has 0 aliphatic carbocycles. The molecule has 1 heterocycles. The lowest BCUT2D eigenvalue weighted by molar-refractivity contribution is 0.0172. The molecule has 7 heteroatoms. The van der Waals surface area contributed by atoms with Crippen molar-refractivity contribution in [2.45, 2.75) is 24.8 Å². The number of ether oxygens (including phenoxy) is 2. The molecule has 1 aliphatic heterocycles. The van der Waals surface area contributed by atoms with Crippen molar-refractivity contribution in [3.63, 3.8) is 0 Å². The first-order valence-corrected chi connectivity index (χ1v) is 10.9. The van der Waals surface area contributed by atoms with E-state index in [4.69, 9.17) is 9.47 Å². The molecule has 1 atom stereocenters. The largest absolute Gasteiger partial charge is 0.496 e. The lowest BCUT2D eigenvalue weighted by Gasteiger charge is -2.35. The maximum absolute atomic E-state index is 12.9. The Hall–Kier alpha value is -1.93. The minimum atomic E-state index is -3.62. The molecule has 0 aromatic heterocycles. The Labute approximate surface area is 167 Å². The summed E-state index contributed by atoms with van der Waals surface area (Å²) in [5.41, 5.74) is 3.05. The highest BCUT2D eigenvalue weighted by molar-refractivity contribution is 7.89. The predicted octanol–water partition coefficient (Wildman–Crippen LogP) is 2.66. The van der Waals surface area contributed by atoms with Gasteiger partial charge in [0.05, 0.1) is 25.2 Å². The molecule has 1 N–H and O–H groups in total. The Morgan fingerprint density at radius 1 is 1.14 bits per heavy atom. The Bertz CT molecular complexity index is 908.